The van der Waals surface area contributed by atoms with Gasteiger partial charge >= 0.3 is 11.9 Å². The van der Waals surface area contributed by atoms with Crippen molar-refractivity contribution in [3.63, 3.8) is 0 Å². The van der Waals surface area contributed by atoms with Gasteiger partial charge < -0.3 is 14.6 Å². The molecule has 5 heteroatoms. The highest BCUT2D eigenvalue weighted by Gasteiger charge is 2.16. The number of allylic oxidation sites excluding steroid dienone is 14. The highest BCUT2D eigenvalue weighted by Crippen LogP contribution is 2.16. The molecule has 0 aliphatic carbocycles. The first-order valence-corrected chi connectivity index (χ1v) is 27.1. The second-order valence-corrected chi connectivity index (χ2v) is 17.9. The fourth-order valence-electron chi connectivity index (χ4n) is 7.61. The first kappa shape index (κ1) is 61.1. The minimum absolute atomic E-state index is 0.0704. The number of hydrogen-bond acceptors (Lipinski definition) is 5. The van der Waals surface area contributed by atoms with Crippen LogP contribution in [0.5, 0.6) is 0 Å². The van der Waals surface area contributed by atoms with Crippen LogP contribution in [0.4, 0.5) is 0 Å². The lowest BCUT2D eigenvalue weighted by molar-refractivity contribution is -0.161. The Bertz CT molecular complexity index is 1190. The second-order valence-electron chi connectivity index (χ2n) is 17.9. The van der Waals surface area contributed by atoms with Gasteiger partial charge in [-0.3, -0.25) is 9.59 Å². The molecular weight excluding hydrogens is 789 g/mol. The molecule has 0 aliphatic rings. The molecule has 0 aromatic heterocycles. The van der Waals surface area contributed by atoms with E-state index in [-0.39, 0.29) is 25.2 Å². The van der Waals surface area contributed by atoms with Gasteiger partial charge in [0.25, 0.3) is 0 Å². The molecule has 0 bridgehead atoms. The van der Waals surface area contributed by atoms with Crippen molar-refractivity contribution in [2.45, 2.75) is 264 Å². The van der Waals surface area contributed by atoms with Crippen molar-refractivity contribution in [1.29, 1.82) is 0 Å². The van der Waals surface area contributed by atoms with Crippen LogP contribution in [-0.2, 0) is 19.1 Å². The van der Waals surface area contributed by atoms with Crippen molar-refractivity contribution in [2.24, 2.45) is 0 Å². The van der Waals surface area contributed by atoms with Crippen molar-refractivity contribution < 1.29 is 24.2 Å². The van der Waals surface area contributed by atoms with E-state index >= 15 is 0 Å². The summed E-state index contributed by atoms with van der Waals surface area (Å²) in [5, 5.41) is 9.62. The Balaban J connectivity index is 3.48. The Morgan fingerprint density at radius 3 is 1.03 bits per heavy atom. The van der Waals surface area contributed by atoms with Crippen LogP contribution in [0.2, 0.25) is 0 Å². The molecule has 5 nitrogen and oxygen atoms in total. The largest absolute Gasteiger partial charge is 0.462 e. The number of carbonyl (C=O) groups is 2. The smallest absolute Gasteiger partial charge is 0.306 e. The third kappa shape index (κ3) is 51.7. The maximum Gasteiger partial charge on any atom is 0.306 e. The molecule has 0 heterocycles. The monoisotopic (exact) mass is 891 g/mol. The van der Waals surface area contributed by atoms with Crippen LogP contribution in [0.1, 0.15) is 258 Å². The molecule has 0 aromatic carbocycles. The molecule has 0 spiro atoms. The summed E-state index contributed by atoms with van der Waals surface area (Å²) in [6, 6.07) is 0. The van der Waals surface area contributed by atoms with Gasteiger partial charge in [0.05, 0.1) is 6.61 Å². The predicted octanol–water partition coefficient (Wildman–Crippen LogP) is 18.2. The Kier molecular flexibility index (Phi) is 51.9. The summed E-state index contributed by atoms with van der Waals surface area (Å²) in [7, 11) is 0. The van der Waals surface area contributed by atoms with Crippen molar-refractivity contribution in [3.05, 3.63) is 85.1 Å². The topological polar surface area (TPSA) is 72.8 Å². The summed E-state index contributed by atoms with van der Waals surface area (Å²) < 4.78 is 10.7. The third-order valence-corrected chi connectivity index (χ3v) is 11.7. The first-order valence-electron chi connectivity index (χ1n) is 27.1. The van der Waals surface area contributed by atoms with Crippen molar-refractivity contribution >= 4 is 11.9 Å². The van der Waals surface area contributed by atoms with Gasteiger partial charge in [-0.1, -0.05) is 240 Å². The fourth-order valence-corrected chi connectivity index (χ4v) is 7.61. The molecular formula is C59H102O5. The zero-order valence-corrected chi connectivity index (χ0v) is 42.0. The van der Waals surface area contributed by atoms with Gasteiger partial charge in [-0.2, -0.15) is 0 Å². The number of unbranched alkanes of at least 4 members (excludes halogenated alkanes) is 27. The number of aliphatic hydroxyl groups excluding tert-OH is 1. The minimum Gasteiger partial charge on any atom is -0.462 e. The van der Waals surface area contributed by atoms with Gasteiger partial charge in [-0.25, -0.2) is 0 Å². The fraction of sp³-hybridized carbons (Fsp3) is 0.729. The zero-order chi connectivity index (χ0) is 46.3. The van der Waals surface area contributed by atoms with E-state index in [9.17, 15) is 14.7 Å². The molecule has 64 heavy (non-hydrogen) atoms. The molecule has 1 N–H and O–H groups in total. The van der Waals surface area contributed by atoms with Gasteiger partial charge in [0.1, 0.15) is 6.61 Å². The number of esters is 2. The first-order chi connectivity index (χ1) is 31.6. The van der Waals surface area contributed by atoms with E-state index in [0.717, 1.165) is 83.5 Å². The van der Waals surface area contributed by atoms with E-state index in [1.165, 1.54) is 148 Å². The maximum absolute atomic E-state index is 12.3. The standard InChI is InChI=1S/C59H102O5/c1-3-5-7-9-11-13-15-17-19-20-21-22-23-24-25-26-27-28-29-30-31-32-33-34-35-36-37-38-40-42-44-46-48-50-52-54-59(62)64-57(55-60)56-63-58(61)53-51-49-47-45-43-41-39-18-16-14-12-10-8-6-4-2/h5,7,11,13,17-19,21-22,24-25,27-28,39,57,60H,3-4,6,8-10,12,14-16,20,23,26,29-38,40-56H2,1-2H3/b7-5-,13-11-,19-17-,22-21-,25-24-,28-27-,39-18-. The number of aliphatic hydroxyl groups is 1. The average Bonchev–Trinajstić information content (AvgIpc) is 3.30. The molecule has 368 valence electrons. The third-order valence-electron chi connectivity index (χ3n) is 11.7. The molecule has 0 aliphatic heterocycles. The van der Waals surface area contributed by atoms with Crippen LogP contribution in [-0.4, -0.2) is 36.4 Å². The van der Waals surface area contributed by atoms with Gasteiger partial charge in [0.15, 0.2) is 6.10 Å². The minimum atomic E-state index is -0.777. The number of hydrogen-bond donors (Lipinski definition) is 1. The van der Waals surface area contributed by atoms with Crippen molar-refractivity contribution in [3.8, 4) is 0 Å². The Labute approximate surface area is 396 Å². The summed E-state index contributed by atoms with van der Waals surface area (Å²) in [5.74, 6) is -0.596. The summed E-state index contributed by atoms with van der Waals surface area (Å²) in [6.45, 7) is 4.02. The maximum atomic E-state index is 12.3. The molecule has 0 rings (SSSR count). The van der Waals surface area contributed by atoms with Crippen LogP contribution in [0, 0.1) is 0 Å². The lowest BCUT2D eigenvalue weighted by Gasteiger charge is -2.15. The molecule has 0 aromatic rings. The summed E-state index contributed by atoms with van der Waals surface area (Å²) in [4.78, 5) is 24.4. The van der Waals surface area contributed by atoms with E-state index in [1.807, 2.05) is 0 Å². The SMILES string of the molecule is CC/C=C\C/C=C\C/C=C\C/C=C\C/C=C\C/C=C\CCCCCCCCCCCCCCCCCCC(=O)OC(CO)COC(=O)CCCCCCC/C=C\CCCCCCCC. The van der Waals surface area contributed by atoms with Crippen molar-refractivity contribution in [1.82, 2.24) is 0 Å². The summed E-state index contributed by atoms with van der Waals surface area (Å²) >= 11 is 0. The van der Waals surface area contributed by atoms with Gasteiger partial charge in [-0.05, 0) is 89.9 Å². The molecule has 0 fully saturated rings. The molecule has 1 unspecified atom stereocenters. The van der Waals surface area contributed by atoms with Crippen LogP contribution < -0.4 is 0 Å². The van der Waals surface area contributed by atoms with Gasteiger partial charge in [0.2, 0.25) is 0 Å². The molecule has 1 atom stereocenters. The summed E-state index contributed by atoms with van der Waals surface area (Å²) in [5.41, 5.74) is 0. The van der Waals surface area contributed by atoms with Gasteiger partial charge in [-0.15, -0.1) is 0 Å². The lowest BCUT2D eigenvalue weighted by Crippen LogP contribution is -2.28. The number of ether oxygens (including phenoxy) is 2. The van der Waals surface area contributed by atoms with Crippen LogP contribution in [0.25, 0.3) is 0 Å². The van der Waals surface area contributed by atoms with E-state index < -0.39 is 6.10 Å². The second kappa shape index (κ2) is 54.4. The zero-order valence-electron chi connectivity index (χ0n) is 42.0. The average molecular weight is 891 g/mol. The normalized spacial score (nSPS) is 12.9. The van der Waals surface area contributed by atoms with E-state index in [0.29, 0.717) is 12.8 Å². The van der Waals surface area contributed by atoms with E-state index in [4.69, 9.17) is 9.47 Å². The quantitative estimate of drug-likeness (QED) is 0.0374. The Hall–Kier alpha value is -2.92. The molecule has 0 radical (unpaired) electrons. The predicted molar refractivity (Wildman–Crippen MR) is 279 cm³/mol. The van der Waals surface area contributed by atoms with Crippen LogP contribution in [0.3, 0.4) is 0 Å². The van der Waals surface area contributed by atoms with E-state index in [1.54, 1.807) is 0 Å². The van der Waals surface area contributed by atoms with Crippen LogP contribution in [0.15, 0.2) is 85.1 Å². The van der Waals surface area contributed by atoms with E-state index in [2.05, 4.69) is 98.9 Å². The highest BCUT2D eigenvalue weighted by atomic mass is 16.6. The van der Waals surface area contributed by atoms with Crippen molar-refractivity contribution in [2.75, 3.05) is 13.2 Å². The Morgan fingerprint density at radius 1 is 0.375 bits per heavy atom. The number of rotatable bonds is 49. The van der Waals surface area contributed by atoms with Crippen LogP contribution >= 0.6 is 0 Å². The van der Waals surface area contributed by atoms with Gasteiger partial charge in [0, 0.05) is 12.8 Å². The molecule has 0 amide bonds. The Morgan fingerprint density at radius 2 is 0.672 bits per heavy atom. The number of carbonyl (C=O) groups excluding carboxylic acids is 2. The highest BCUT2D eigenvalue weighted by molar-refractivity contribution is 5.70. The lowest BCUT2D eigenvalue weighted by atomic mass is 10.0. The summed E-state index contributed by atoms with van der Waals surface area (Å²) in [6.07, 6.45) is 75.5. The molecule has 0 saturated carbocycles. The molecule has 0 saturated heterocycles.